The fourth-order valence-electron chi connectivity index (χ4n) is 1.27. The zero-order chi connectivity index (χ0) is 10.8. The molecule has 0 radical (unpaired) electrons. The van der Waals surface area contributed by atoms with Crippen LogP contribution in [0.5, 0.6) is 0 Å². The second kappa shape index (κ2) is 4.09. The Labute approximate surface area is 83.6 Å². The Morgan fingerprint density at radius 3 is 2.64 bits per heavy atom. The number of ether oxygens (including phenoxy) is 2. The molecule has 0 aromatic heterocycles. The average Bonchev–Trinajstić information content (AvgIpc) is 2.32. The molecule has 0 aliphatic carbocycles. The summed E-state index contributed by atoms with van der Waals surface area (Å²) in [5, 5.41) is 0. The number of rotatable bonds is 2. The summed E-state index contributed by atoms with van der Waals surface area (Å²) < 4.78 is 10.0. The van der Waals surface area contributed by atoms with Gasteiger partial charge in [0.05, 0.1) is 18.9 Å². The highest BCUT2D eigenvalue weighted by molar-refractivity contribution is 5.87. The lowest BCUT2D eigenvalue weighted by molar-refractivity contribution is -0.156. The summed E-state index contributed by atoms with van der Waals surface area (Å²) in [6.07, 6.45) is 0.135. The molecule has 1 aliphatic heterocycles. The van der Waals surface area contributed by atoms with E-state index in [9.17, 15) is 9.59 Å². The van der Waals surface area contributed by atoms with Crippen molar-refractivity contribution in [3.63, 3.8) is 0 Å². The highest BCUT2D eigenvalue weighted by atomic mass is 16.6. The molecular formula is C10H16O4. The van der Waals surface area contributed by atoms with E-state index < -0.39 is 5.60 Å². The van der Waals surface area contributed by atoms with Crippen molar-refractivity contribution in [3.8, 4) is 0 Å². The second-order valence-electron chi connectivity index (χ2n) is 4.47. The van der Waals surface area contributed by atoms with Crippen LogP contribution < -0.4 is 0 Å². The van der Waals surface area contributed by atoms with Crippen molar-refractivity contribution in [3.05, 3.63) is 0 Å². The van der Waals surface area contributed by atoms with Crippen LogP contribution in [-0.2, 0) is 19.1 Å². The van der Waals surface area contributed by atoms with E-state index in [1.807, 2.05) is 0 Å². The van der Waals surface area contributed by atoms with E-state index in [2.05, 4.69) is 0 Å². The lowest BCUT2D eigenvalue weighted by Gasteiger charge is -2.20. The van der Waals surface area contributed by atoms with Gasteiger partial charge in [0.2, 0.25) is 0 Å². The molecule has 0 aromatic carbocycles. The molecule has 14 heavy (non-hydrogen) atoms. The summed E-state index contributed by atoms with van der Waals surface area (Å²) >= 11 is 0. The number of carbonyl (C=O) groups is 2. The standard InChI is InChI=1S/C10H16O4/c1-10(2,3)14-9(12)4-7-5-13-6-8(7)11/h7H,4-6H2,1-3H3. The van der Waals surface area contributed by atoms with Crippen molar-refractivity contribution in [1.29, 1.82) is 0 Å². The van der Waals surface area contributed by atoms with Gasteiger partial charge in [0.15, 0.2) is 5.78 Å². The van der Waals surface area contributed by atoms with Crippen LogP contribution in [-0.4, -0.2) is 30.6 Å². The molecule has 1 fully saturated rings. The Balaban J connectivity index is 2.37. The molecule has 0 amide bonds. The van der Waals surface area contributed by atoms with Gasteiger partial charge in [0.25, 0.3) is 0 Å². The molecule has 1 saturated heterocycles. The van der Waals surface area contributed by atoms with Crippen LogP contribution in [0.4, 0.5) is 0 Å². The minimum Gasteiger partial charge on any atom is -0.460 e. The summed E-state index contributed by atoms with van der Waals surface area (Å²) in [4.78, 5) is 22.5. The van der Waals surface area contributed by atoms with Crippen LogP contribution in [0, 0.1) is 5.92 Å². The predicted molar refractivity (Wildman–Crippen MR) is 49.8 cm³/mol. The lowest BCUT2D eigenvalue weighted by atomic mass is 10.0. The van der Waals surface area contributed by atoms with Gasteiger partial charge in [-0.05, 0) is 20.8 Å². The van der Waals surface area contributed by atoms with Gasteiger partial charge in [-0.2, -0.15) is 0 Å². The zero-order valence-electron chi connectivity index (χ0n) is 8.83. The van der Waals surface area contributed by atoms with Gasteiger partial charge in [-0.3, -0.25) is 9.59 Å². The number of hydrogen-bond donors (Lipinski definition) is 0. The van der Waals surface area contributed by atoms with E-state index in [0.717, 1.165) is 0 Å². The lowest BCUT2D eigenvalue weighted by Crippen LogP contribution is -2.26. The molecule has 1 atom stereocenters. The van der Waals surface area contributed by atoms with Gasteiger partial charge in [-0.25, -0.2) is 0 Å². The first-order chi connectivity index (χ1) is 6.38. The summed E-state index contributed by atoms with van der Waals surface area (Å²) in [6, 6.07) is 0. The number of hydrogen-bond acceptors (Lipinski definition) is 4. The first-order valence-electron chi connectivity index (χ1n) is 4.71. The van der Waals surface area contributed by atoms with Crippen molar-refractivity contribution in [1.82, 2.24) is 0 Å². The van der Waals surface area contributed by atoms with Crippen molar-refractivity contribution >= 4 is 11.8 Å². The van der Waals surface area contributed by atoms with Gasteiger partial charge in [0.1, 0.15) is 12.2 Å². The largest absolute Gasteiger partial charge is 0.460 e. The smallest absolute Gasteiger partial charge is 0.307 e. The highest BCUT2D eigenvalue weighted by Gasteiger charge is 2.29. The second-order valence-corrected chi connectivity index (χ2v) is 4.47. The summed E-state index contributed by atoms with van der Waals surface area (Å²) in [6.45, 7) is 5.89. The van der Waals surface area contributed by atoms with Gasteiger partial charge >= 0.3 is 5.97 Å². The number of esters is 1. The van der Waals surface area contributed by atoms with Crippen LogP contribution in [0.3, 0.4) is 0 Å². The van der Waals surface area contributed by atoms with Crippen LogP contribution in [0.25, 0.3) is 0 Å². The molecule has 0 bridgehead atoms. The average molecular weight is 200 g/mol. The molecular weight excluding hydrogens is 184 g/mol. The first-order valence-corrected chi connectivity index (χ1v) is 4.71. The number of ketones is 1. The molecule has 0 N–H and O–H groups in total. The van der Waals surface area contributed by atoms with Crippen molar-refractivity contribution in [2.75, 3.05) is 13.2 Å². The minimum absolute atomic E-state index is 0.00383. The van der Waals surface area contributed by atoms with Gasteiger partial charge < -0.3 is 9.47 Å². The molecule has 80 valence electrons. The molecule has 0 aromatic rings. The Bertz CT molecular complexity index is 239. The first kappa shape index (κ1) is 11.2. The maximum absolute atomic E-state index is 11.3. The molecule has 0 saturated carbocycles. The van der Waals surface area contributed by atoms with E-state index in [0.29, 0.717) is 6.61 Å². The minimum atomic E-state index is -0.487. The zero-order valence-corrected chi connectivity index (χ0v) is 8.83. The third-order valence-corrected chi connectivity index (χ3v) is 1.85. The van der Waals surface area contributed by atoms with Crippen LogP contribution >= 0.6 is 0 Å². The SMILES string of the molecule is CC(C)(C)OC(=O)CC1COCC1=O. The third-order valence-electron chi connectivity index (χ3n) is 1.85. The summed E-state index contributed by atoms with van der Waals surface area (Å²) in [5.41, 5.74) is -0.487. The van der Waals surface area contributed by atoms with E-state index >= 15 is 0 Å². The summed E-state index contributed by atoms with van der Waals surface area (Å²) in [5.74, 6) is -0.637. The maximum atomic E-state index is 11.3. The Hall–Kier alpha value is -0.900. The predicted octanol–water partition coefficient (Wildman–Crippen LogP) is 0.934. The molecule has 0 spiro atoms. The topological polar surface area (TPSA) is 52.6 Å². The van der Waals surface area contributed by atoms with Crippen molar-refractivity contribution in [2.24, 2.45) is 5.92 Å². The van der Waals surface area contributed by atoms with Gasteiger partial charge in [-0.1, -0.05) is 0 Å². The molecule has 4 nitrogen and oxygen atoms in total. The van der Waals surface area contributed by atoms with Crippen LogP contribution in [0.1, 0.15) is 27.2 Å². The molecule has 1 aliphatic rings. The van der Waals surface area contributed by atoms with Gasteiger partial charge in [-0.15, -0.1) is 0 Å². The Kier molecular flexibility index (Phi) is 3.26. The van der Waals surface area contributed by atoms with E-state index in [1.54, 1.807) is 20.8 Å². The summed E-state index contributed by atoms with van der Waals surface area (Å²) in [7, 11) is 0. The van der Waals surface area contributed by atoms with Crippen LogP contribution in [0.15, 0.2) is 0 Å². The highest BCUT2D eigenvalue weighted by Crippen LogP contribution is 2.16. The Morgan fingerprint density at radius 2 is 2.21 bits per heavy atom. The Morgan fingerprint density at radius 1 is 1.57 bits per heavy atom. The molecule has 1 heterocycles. The monoisotopic (exact) mass is 200 g/mol. The van der Waals surface area contributed by atoms with Crippen molar-refractivity contribution in [2.45, 2.75) is 32.8 Å². The molecule has 1 unspecified atom stereocenters. The van der Waals surface area contributed by atoms with E-state index in [4.69, 9.17) is 9.47 Å². The molecule has 4 heteroatoms. The number of Topliss-reactive ketones (excluding diaryl/α,β-unsaturated/α-hetero) is 1. The van der Waals surface area contributed by atoms with E-state index in [-0.39, 0.29) is 30.7 Å². The fourth-order valence-corrected chi connectivity index (χ4v) is 1.27. The molecule has 1 rings (SSSR count). The van der Waals surface area contributed by atoms with Crippen molar-refractivity contribution < 1.29 is 19.1 Å². The van der Waals surface area contributed by atoms with Crippen LogP contribution in [0.2, 0.25) is 0 Å². The number of carbonyl (C=O) groups excluding carboxylic acids is 2. The third kappa shape index (κ3) is 3.46. The quantitative estimate of drug-likeness (QED) is 0.622. The fraction of sp³-hybridized carbons (Fsp3) is 0.800. The normalized spacial score (nSPS) is 22.5. The van der Waals surface area contributed by atoms with Gasteiger partial charge in [0, 0.05) is 0 Å². The van der Waals surface area contributed by atoms with E-state index in [1.165, 1.54) is 0 Å². The maximum Gasteiger partial charge on any atom is 0.307 e.